The molecule has 9 nitrogen and oxygen atoms in total. The molecule has 0 radical (unpaired) electrons. The number of para-hydroxylation sites is 1. The largest absolute Gasteiger partial charge is 0.330 e. The Kier molecular flexibility index (Phi) is 5.10. The third-order valence-corrected chi connectivity index (χ3v) is 5.51. The van der Waals surface area contributed by atoms with Gasteiger partial charge in [-0.2, -0.15) is 5.10 Å². The van der Waals surface area contributed by atoms with E-state index in [1.165, 1.54) is 14.1 Å². The standard InChI is InChI=1S/C17H19N5O4S/c1-20-12-15(16(23)21(2)17(20)24)27(25,26)19-9-8-13-10-18-22(11-13)14-6-4-3-5-7-14/h3-7,10-12,19H,8-9H2,1-2H3. The third kappa shape index (κ3) is 3.91. The van der Waals surface area contributed by atoms with Gasteiger partial charge in [0.05, 0.1) is 11.9 Å². The maximum absolute atomic E-state index is 12.4. The first-order valence-corrected chi connectivity index (χ1v) is 9.63. The zero-order valence-electron chi connectivity index (χ0n) is 14.9. The van der Waals surface area contributed by atoms with Crippen LogP contribution in [0.25, 0.3) is 5.69 Å². The Morgan fingerprint density at radius 3 is 2.48 bits per heavy atom. The van der Waals surface area contributed by atoms with E-state index >= 15 is 0 Å². The van der Waals surface area contributed by atoms with Crippen LogP contribution < -0.4 is 16.0 Å². The molecule has 0 aliphatic heterocycles. The molecule has 0 unspecified atom stereocenters. The van der Waals surface area contributed by atoms with Gasteiger partial charge in [0.15, 0.2) is 4.90 Å². The first-order valence-electron chi connectivity index (χ1n) is 8.15. The Hall–Kier alpha value is -2.98. The molecule has 0 bridgehead atoms. The van der Waals surface area contributed by atoms with Crippen LogP contribution in [0.1, 0.15) is 5.56 Å². The lowest BCUT2D eigenvalue weighted by Crippen LogP contribution is -2.41. The van der Waals surface area contributed by atoms with Crippen molar-refractivity contribution >= 4 is 10.0 Å². The molecule has 0 amide bonds. The van der Waals surface area contributed by atoms with Crippen molar-refractivity contribution in [2.45, 2.75) is 11.3 Å². The predicted octanol–water partition coefficient (Wildman–Crippen LogP) is -0.209. The summed E-state index contributed by atoms with van der Waals surface area (Å²) in [5.74, 6) is 0. The fourth-order valence-electron chi connectivity index (χ4n) is 2.58. The van der Waals surface area contributed by atoms with Gasteiger partial charge in [-0.05, 0) is 24.1 Å². The van der Waals surface area contributed by atoms with Gasteiger partial charge in [-0.3, -0.25) is 9.36 Å². The van der Waals surface area contributed by atoms with Crippen LogP contribution >= 0.6 is 0 Å². The number of nitrogens with zero attached hydrogens (tertiary/aromatic N) is 4. The topological polar surface area (TPSA) is 108 Å². The fourth-order valence-corrected chi connectivity index (χ4v) is 3.77. The second kappa shape index (κ2) is 7.33. The second-order valence-electron chi connectivity index (χ2n) is 6.03. The van der Waals surface area contributed by atoms with Crippen molar-refractivity contribution in [3.05, 3.63) is 75.3 Å². The minimum Gasteiger partial charge on any atom is -0.302 e. The molecule has 0 saturated carbocycles. The second-order valence-corrected chi connectivity index (χ2v) is 7.76. The monoisotopic (exact) mass is 389 g/mol. The Labute approximate surface area is 155 Å². The van der Waals surface area contributed by atoms with E-state index in [0.717, 1.165) is 26.6 Å². The maximum Gasteiger partial charge on any atom is 0.330 e. The average Bonchev–Trinajstić information content (AvgIpc) is 3.12. The Bertz CT molecular complexity index is 1180. The summed E-state index contributed by atoms with van der Waals surface area (Å²) in [4.78, 5) is 23.3. The van der Waals surface area contributed by atoms with Crippen LogP contribution in [0.2, 0.25) is 0 Å². The molecule has 0 aliphatic rings. The molecule has 0 spiro atoms. The molecule has 10 heteroatoms. The number of sulfonamides is 1. The summed E-state index contributed by atoms with van der Waals surface area (Å²) in [6, 6.07) is 9.53. The summed E-state index contributed by atoms with van der Waals surface area (Å²) < 4.78 is 30.8. The van der Waals surface area contributed by atoms with E-state index in [4.69, 9.17) is 0 Å². The molecule has 1 N–H and O–H groups in total. The minimum atomic E-state index is -4.04. The van der Waals surface area contributed by atoms with Crippen LogP contribution in [0.4, 0.5) is 0 Å². The summed E-state index contributed by atoms with van der Waals surface area (Å²) in [6.07, 6.45) is 4.90. The number of benzene rings is 1. The van der Waals surface area contributed by atoms with Crippen molar-refractivity contribution in [3.8, 4) is 5.69 Å². The van der Waals surface area contributed by atoms with E-state index in [1.54, 1.807) is 10.9 Å². The van der Waals surface area contributed by atoms with Crippen molar-refractivity contribution in [2.75, 3.05) is 6.54 Å². The minimum absolute atomic E-state index is 0.0921. The molecule has 3 aromatic rings. The molecule has 0 aliphatic carbocycles. The lowest BCUT2D eigenvalue weighted by Gasteiger charge is -2.08. The van der Waals surface area contributed by atoms with Crippen molar-refractivity contribution < 1.29 is 8.42 Å². The lowest BCUT2D eigenvalue weighted by molar-refractivity contribution is 0.571. The Morgan fingerprint density at radius 2 is 1.78 bits per heavy atom. The van der Waals surface area contributed by atoms with E-state index in [-0.39, 0.29) is 6.54 Å². The van der Waals surface area contributed by atoms with Gasteiger partial charge in [-0.25, -0.2) is 22.6 Å². The molecule has 0 fully saturated rings. The van der Waals surface area contributed by atoms with Gasteiger partial charge < -0.3 is 4.57 Å². The predicted molar refractivity (Wildman–Crippen MR) is 99.4 cm³/mol. The van der Waals surface area contributed by atoms with Gasteiger partial charge in [-0.1, -0.05) is 18.2 Å². The van der Waals surface area contributed by atoms with Crippen molar-refractivity contribution in [1.29, 1.82) is 0 Å². The molecule has 2 heterocycles. The van der Waals surface area contributed by atoms with Crippen LogP contribution in [-0.2, 0) is 30.5 Å². The number of hydrogen-bond donors (Lipinski definition) is 1. The quantitative estimate of drug-likeness (QED) is 0.628. The van der Waals surface area contributed by atoms with Gasteiger partial charge in [-0.15, -0.1) is 0 Å². The molecule has 3 rings (SSSR count). The number of rotatable bonds is 6. The van der Waals surface area contributed by atoms with Crippen molar-refractivity contribution in [3.63, 3.8) is 0 Å². The highest BCUT2D eigenvalue weighted by Gasteiger charge is 2.21. The summed E-state index contributed by atoms with van der Waals surface area (Å²) in [5, 5.41) is 4.25. The summed E-state index contributed by atoms with van der Waals surface area (Å²) in [5.41, 5.74) is 0.294. The van der Waals surface area contributed by atoms with Crippen LogP contribution in [0.15, 0.2) is 63.4 Å². The number of aryl methyl sites for hydroxylation is 1. The van der Waals surface area contributed by atoms with E-state index in [2.05, 4.69) is 9.82 Å². The van der Waals surface area contributed by atoms with E-state index in [9.17, 15) is 18.0 Å². The van der Waals surface area contributed by atoms with E-state index in [0.29, 0.717) is 6.42 Å². The van der Waals surface area contributed by atoms with Crippen LogP contribution in [0.5, 0.6) is 0 Å². The highest BCUT2D eigenvalue weighted by molar-refractivity contribution is 7.89. The van der Waals surface area contributed by atoms with Crippen LogP contribution in [-0.4, -0.2) is 33.9 Å². The smallest absolute Gasteiger partial charge is 0.302 e. The maximum atomic E-state index is 12.4. The number of aromatic nitrogens is 4. The summed E-state index contributed by atoms with van der Waals surface area (Å²) in [6.45, 7) is 0.0921. The van der Waals surface area contributed by atoms with E-state index in [1.807, 2.05) is 36.5 Å². The summed E-state index contributed by atoms with van der Waals surface area (Å²) >= 11 is 0. The zero-order chi connectivity index (χ0) is 19.6. The van der Waals surface area contributed by atoms with Crippen LogP contribution in [0, 0.1) is 0 Å². The molecule has 1 aromatic carbocycles. The first-order chi connectivity index (χ1) is 12.8. The third-order valence-electron chi connectivity index (χ3n) is 4.07. The molecular weight excluding hydrogens is 370 g/mol. The molecule has 0 atom stereocenters. The first kappa shape index (κ1) is 18.8. The molecular formula is C17H19N5O4S. The molecule has 27 heavy (non-hydrogen) atoms. The van der Waals surface area contributed by atoms with E-state index < -0.39 is 26.2 Å². The van der Waals surface area contributed by atoms with Crippen molar-refractivity contribution in [2.24, 2.45) is 14.1 Å². The fraction of sp³-hybridized carbons (Fsp3) is 0.235. The zero-order valence-corrected chi connectivity index (χ0v) is 15.7. The molecule has 0 saturated heterocycles. The highest BCUT2D eigenvalue weighted by Crippen LogP contribution is 2.08. The van der Waals surface area contributed by atoms with Gasteiger partial charge >= 0.3 is 5.69 Å². The van der Waals surface area contributed by atoms with Gasteiger partial charge in [0.2, 0.25) is 10.0 Å². The Morgan fingerprint density at radius 1 is 1.07 bits per heavy atom. The Balaban J connectivity index is 1.72. The van der Waals surface area contributed by atoms with Crippen LogP contribution in [0.3, 0.4) is 0 Å². The molecule has 2 aromatic heterocycles. The number of nitrogens with one attached hydrogen (secondary N) is 1. The van der Waals surface area contributed by atoms with Crippen molar-refractivity contribution in [1.82, 2.24) is 23.6 Å². The van der Waals surface area contributed by atoms with Gasteiger partial charge in [0, 0.05) is 33.0 Å². The normalized spacial score (nSPS) is 11.6. The number of hydrogen-bond acceptors (Lipinski definition) is 5. The van der Waals surface area contributed by atoms with Gasteiger partial charge in [0.25, 0.3) is 5.56 Å². The highest BCUT2D eigenvalue weighted by atomic mass is 32.2. The van der Waals surface area contributed by atoms with Gasteiger partial charge in [0.1, 0.15) is 0 Å². The molecule has 142 valence electrons. The average molecular weight is 389 g/mol. The lowest BCUT2D eigenvalue weighted by atomic mass is 10.2. The SMILES string of the molecule is Cn1cc(S(=O)(=O)NCCc2cnn(-c3ccccc3)c2)c(=O)n(C)c1=O. The summed E-state index contributed by atoms with van der Waals surface area (Å²) in [7, 11) is -1.41.